The maximum Gasteiger partial charge on any atom is 0.234 e. The maximum absolute atomic E-state index is 12.1. The molecule has 0 aliphatic carbocycles. The Balaban J connectivity index is 2.20. The van der Waals surface area contributed by atoms with Crippen molar-refractivity contribution in [1.29, 1.82) is 0 Å². The van der Waals surface area contributed by atoms with Crippen molar-refractivity contribution in [2.45, 2.75) is 12.3 Å². The van der Waals surface area contributed by atoms with Gasteiger partial charge in [-0.3, -0.25) is 0 Å². The van der Waals surface area contributed by atoms with Crippen LogP contribution in [0.15, 0.2) is 66.5 Å². The van der Waals surface area contributed by atoms with Crippen molar-refractivity contribution in [2.24, 2.45) is 0 Å². The van der Waals surface area contributed by atoms with E-state index in [2.05, 4.69) is 12.1 Å². The lowest BCUT2D eigenvalue weighted by molar-refractivity contribution is 0.145. The number of allylic oxidation sites excluding steroid dienone is 1. The Hall–Kier alpha value is -2.27. The standard InChI is InChI=1S/C19H21NO3S/c1-20(24(2,21)22)19-18(16-11-7-4-8-12-16)17(13-14-23-19)15-9-5-3-6-10-15/h3-12,17H,13-14H2,1-2H3. The molecule has 1 unspecified atom stereocenters. The van der Waals surface area contributed by atoms with Crippen molar-refractivity contribution in [3.8, 4) is 0 Å². The third kappa shape index (κ3) is 3.31. The van der Waals surface area contributed by atoms with Gasteiger partial charge in [-0.25, -0.2) is 12.7 Å². The molecule has 126 valence electrons. The number of sulfonamides is 1. The SMILES string of the molecule is CN(C1=C(c2ccccc2)C(c2ccccc2)CCO1)S(C)(=O)=O. The molecular formula is C19H21NO3S. The van der Waals surface area contributed by atoms with E-state index >= 15 is 0 Å². The van der Waals surface area contributed by atoms with Gasteiger partial charge in [0.1, 0.15) is 0 Å². The zero-order valence-corrected chi connectivity index (χ0v) is 14.7. The molecule has 0 spiro atoms. The summed E-state index contributed by atoms with van der Waals surface area (Å²) in [7, 11) is -1.86. The van der Waals surface area contributed by atoms with E-state index in [9.17, 15) is 8.42 Å². The first-order chi connectivity index (χ1) is 11.5. The van der Waals surface area contributed by atoms with Gasteiger partial charge in [-0.2, -0.15) is 0 Å². The fourth-order valence-electron chi connectivity index (χ4n) is 3.02. The van der Waals surface area contributed by atoms with Gasteiger partial charge >= 0.3 is 0 Å². The van der Waals surface area contributed by atoms with Crippen LogP contribution in [0.3, 0.4) is 0 Å². The third-order valence-electron chi connectivity index (χ3n) is 4.29. The van der Waals surface area contributed by atoms with Crippen LogP contribution in [0.5, 0.6) is 0 Å². The molecule has 0 radical (unpaired) electrons. The van der Waals surface area contributed by atoms with Crippen LogP contribution in [0.4, 0.5) is 0 Å². The number of hydrogen-bond donors (Lipinski definition) is 0. The number of hydrogen-bond acceptors (Lipinski definition) is 3. The topological polar surface area (TPSA) is 46.6 Å². The van der Waals surface area contributed by atoms with Gasteiger partial charge in [0.2, 0.25) is 15.9 Å². The van der Waals surface area contributed by atoms with E-state index in [4.69, 9.17) is 4.74 Å². The van der Waals surface area contributed by atoms with Crippen molar-refractivity contribution in [3.05, 3.63) is 77.7 Å². The van der Waals surface area contributed by atoms with Crippen LogP contribution in [0.2, 0.25) is 0 Å². The van der Waals surface area contributed by atoms with Crippen LogP contribution in [-0.2, 0) is 14.8 Å². The molecule has 0 N–H and O–H groups in total. The van der Waals surface area contributed by atoms with Crippen LogP contribution in [0.1, 0.15) is 23.5 Å². The average molecular weight is 343 g/mol. The van der Waals surface area contributed by atoms with Crippen LogP contribution >= 0.6 is 0 Å². The molecule has 0 fully saturated rings. The monoisotopic (exact) mass is 343 g/mol. The van der Waals surface area contributed by atoms with E-state index in [1.165, 1.54) is 16.1 Å². The van der Waals surface area contributed by atoms with Crippen LogP contribution in [-0.4, -0.2) is 32.6 Å². The second-order valence-electron chi connectivity index (χ2n) is 5.92. The first kappa shape index (κ1) is 16.6. The summed E-state index contributed by atoms with van der Waals surface area (Å²) in [6.45, 7) is 0.491. The number of benzene rings is 2. The summed E-state index contributed by atoms with van der Waals surface area (Å²) in [6.07, 6.45) is 2.01. The quantitative estimate of drug-likeness (QED) is 0.854. The largest absolute Gasteiger partial charge is 0.478 e. The molecule has 1 aliphatic heterocycles. The molecule has 0 saturated heterocycles. The van der Waals surface area contributed by atoms with Crippen molar-refractivity contribution in [3.63, 3.8) is 0 Å². The minimum atomic E-state index is -3.40. The van der Waals surface area contributed by atoms with Crippen molar-refractivity contribution in [2.75, 3.05) is 19.9 Å². The smallest absolute Gasteiger partial charge is 0.234 e. The molecule has 2 aromatic rings. The molecule has 2 aromatic carbocycles. The van der Waals surface area contributed by atoms with Crippen molar-refractivity contribution < 1.29 is 13.2 Å². The molecule has 0 bridgehead atoms. The molecule has 0 aromatic heterocycles. The number of ether oxygens (including phenoxy) is 1. The third-order valence-corrected chi connectivity index (χ3v) is 5.46. The molecule has 1 atom stereocenters. The van der Waals surface area contributed by atoms with E-state index in [-0.39, 0.29) is 5.92 Å². The molecule has 1 aliphatic rings. The lowest BCUT2D eigenvalue weighted by Gasteiger charge is -2.33. The Morgan fingerprint density at radius 2 is 1.58 bits per heavy atom. The predicted molar refractivity (Wildman–Crippen MR) is 95.7 cm³/mol. The second kappa shape index (κ2) is 6.69. The van der Waals surface area contributed by atoms with E-state index < -0.39 is 10.0 Å². The van der Waals surface area contributed by atoms with Gasteiger partial charge in [0.25, 0.3) is 0 Å². The Kier molecular flexibility index (Phi) is 4.62. The van der Waals surface area contributed by atoms with Gasteiger partial charge in [0, 0.05) is 18.5 Å². The Bertz CT molecular complexity index is 829. The van der Waals surface area contributed by atoms with Gasteiger partial charge in [-0.1, -0.05) is 60.7 Å². The Morgan fingerprint density at radius 3 is 2.17 bits per heavy atom. The second-order valence-corrected chi connectivity index (χ2v) is 7.93. The summed E-state index contributed by atoms with van der Waals surface area (Å²) in [5, 5.41) is 0. The summed E-state index contributed by atoms with van der Waals surface area (Å²) in [5.74, 6) is 0.519. The first-order valence-electron chi connectivity index (χ1n) is 7.89. The van der Waals surface area contributed by atoms with Gasteiger partial charge in [0.15, 0.2) is 0 Å². The molecule has 1 heterocycles. The lowest BCUT2D eigenvalue weighted by atomic mass is 9.83. The highest BCUT2D eigenvalue weighted by atomic mass is 32.2. The average Bonchev–Trinajstić information content (AvgIpc) is 2.61. The number of nitrogens with zero attached hydrogens (tertiary/aromatic N) is 1. The summed E-state index contributed by atoms with van der Waals surface area (Å²) >= 11 is 0. The van der Waals surface area contributed by atoms with Gasteiger partial charge < -0.3 is 4.74 Å². The summed E-state index contributed by atoms with van der Waals surface area (Å²) in [4.78, 5) is 0. The highest BCUT2D eigenvalue weighted by Gasteiger charge is 2.31. The molecule has 4 nitrogen and oxygen atoms in total. The normalized spacial score (nSPS) is 18.2. The van der Waals surface area contributed by atoms with Gasteiger partial charge in [0.05, 0.1) is 12.9 Å². The molecule has 24 heavy (non-hydrogen) atoms. The van der Waals surface area contributed by atoms with Crippen molar-refractivity contribution >= 4 is 15.6 Å². The first-order valence-corrected chi connectivity index (χ1v) is 9.74. The summed E-state index contributed by atoms with van der Waals surface area (Å²) in [5.41, 5.74) is 3.07. The fraction of sp³-hybridized carbons (Fsp3) is 0.263. The van der Waals surface area contributed by atoms with Gasteiger partial charge in [-0.15, -0.1) is 0 Å². The highest BCUT2D eigenvalue weighted by molar-refractivity contribution is 7.88. The molecule has 0 amide bonds. The molecule has 5 heteroatoms. The Labute approximate surface area is 143 Å². The fourth-order valence-corrected chi connectivity index (χ4v) is 3.47. The van der Waals surface area contributed by atoms with Gasteiger partial charge in [-0.05, 0) is 17.5 Å². The van der Waals surface area contributed by atoms with Crippen molar-refractivity contribution in [1.82, 2.24) is 4.31 Å². The summed E-state index contributed by atoms with van der Waals surface area (Å²) in [6, 6.07) is 20.0. The van der Waals surface area contributed by atoms with E-state index in [0.29, 0.717) is 12.5 Å². The Morgan fingerprint density at radius 1 is 1.00 bits per heavy atom. The van der Waals surface area contributed by atoms with Crippen LogP contribution < -0.4 is 0 Å². The minimum Gasteiger partial charge on any atom is -0.478 e. The van der Waals surface area contributed by atoms with E-state index in [1.54, 1.807) is 7.05 Å². The zero-order valence-electron chi connectivity index (χ0n) is 13.8. The van der Waals surface area contributed by atoms with Crippen LogP contribution in [0.25, 0.3) is 5.57 Å². The molecule has 3 rings (SSSR count). The zero-order chi connectivity index (χ0) is 17.2. The predicted octanol–water partition coefficient (Wildman–Crippen LogP) is 3.45. The number of rotatable bonds is 4. The minimum absolute atomic E-state index is 0.0987. The maximum atomic E-state index is 12.1. The van der Waals surface area contributed by atoms with E-state index in [1.807, 2.05) is 48.5 Å². The highest BCUT2D eigenvalue weighted by Crippen LogP contribution is 2.41. The van der Waals surface area contributed by atoms with E-state index in [0.717, 1.165) is 17.6 Å². The van der Waals surface area contributed by atoms with Crippen LogP contribution in [0, 0.1) is 0 Å². The molecular weight excluding hydrogens is 322 g/mol. The lowest BCUT2D eigenvalue weighted by Crippen LogP contribution is -2.31. The summed E-state index contributed by atoms with van der Waals surface area (Å²) < 4.78 is 31.2. The molecule has 0 saturated carbocycles.